The van der Waals surface area contributed by atoms with Crippen LogP contribution in [0.15, 0.2) is 48.5 Å². The third-order valence-electron chi connectivity index (χ3n) is 4.96. The van der Waals surface area contributed by atoms with E-state index in [1.807, 2.05) is 42.5 Å². The summed E-state index contributed by atoms with van der Waals surface area (Å²) >= 11 is 0. The maximum absolute atomic E-state index is 13.1. The minimum absolute atomic E-state index is 0.104. The van der Waals surface area contributed by atoms with Crippen molar-refractivity contribution in [3.8, 4) is 11.1 Å². The normalized spacial score (nSPS) is 16.3. The first kappa shape index (κ1) is 13.7. The van der Waals surface area contributed by atoms with Crippen LogP contribution in [0.25, 0.3) is 22.0 Å². The van der Waals surface area contributed by atoms with Crippen molar-refractivity contribution in [3.05, 3.63) is 59.7 Å². The highest BCUT2D eigenvalue weighted by molar-refractivity contribution is 6.28. The Kier molecular flexibility index (Phi) is 2.94. The summed E-state index contributed by atoms with van der Waals surface area (Å²) in [5.74, 6) is 0.943. The highest BCUT2D eigenvalue weighted by Gasteiger charge is 2.33. The fraction of sp³-hybridized carbons (Fsp3) is 0.200. The fourth-order valence-electron chi connectivity index (χ4n) is 3.83. The number of aromatic nitrogens is 1. The van der Waals surface area contributed by atoms with Gasteiger partial charge in [-0.05, 0) is 11.6 Å². The van der Waals surface area contributed by atoms with Gasteiger partial charge in [-0.3, -0.25) is 4.79 Å². The molecule has 118 valence electrons. The van der Waals surface area contributed by atoms with E-state index >= 15 is 0 Å². The van der Waals surface area contributed by atoms with Crippen molar-refractivity contribution < 1.29 is 4.79 Å². The number of carbonyl (C=O) groups is 1. The topological polar surface area (TPSA) is 45.2 Å². The van der Waals surface area contributed by atoms with Crippen LogP contribution in [-0.2, 0) is 0 Å². The summed E-state index contributed by atoms with van der Waals surface area (Å²) in [6, 6.07) is 16.0. The van der Waals surface area contributed by atoms with Gasteiger partial charge in [0.25, 0.3) is 0 Å². The molecule has 24 heavy (non-hydrogen) atoms. The van der Waals surface area contributed by atoms with Gasteiger partial charge in [-0.15, -0.1) is 0 Å². The number of carbonyl (C=O) groups excluding carboxylic acids is 1. The number of hydrogen-bond acceptors (Lipinski definition) is 4. The molecular weight excluding hydrogens is 298 g/mol. The zero-order valence-corrected chi connectivity index (χ0v) is 13.2. The van der Waals surface area contributed by atoms with E-state index in [1.54, 1.807) is 0 Å². The summed E-state index contributed by atoms with van der Waals surface area (Å²) in [6.07, 6.45) is 0. The van der Waals surface area contributed by atoms with E-state index in [2.05, 4.69) is 16.3 Å². The Morgan fingerprint density at radius 1 is 0.875 bits per heavy atom. The zero-order valence-electron chi connectivity index (χ0n) is 13.2. The lowest BCUT2D eigenvalue weighted by Gasteiger charge is -2.30. The minimum Gasteiger partial charge on any atom is -0.353 e. The van der Waals surface area contributed by atoms with Crippen molar-refractivity contribution in [3.63, 3.8) is 0 Å². The third-order valence-corrected chi connectivity index (χ3v) is 4.96. The molecule has 5 rings (SSSR count). The molecule has 0 unspecified atom stereocenters. The molecule has 1 aliphatic heterocycles. The summed E-state index contributed by atoms with van der Waals surface area (Å²) < 4.78 is 0. The summed E-state index contributed by atoms with van der Waals surface area (Å²) in [7, 11) is 0. The van der Waals surface area contributed by atoms with Crippen LogP contribution in [0.5, 0.6) is 0 Å². The van der Waals surface area contributed by atoms with Crippen LogP contribution in [0.4, 0.5) is 5.82 Å². The van der Waals surface area contributed by atoms with E-state index in [1.165, 1.54) is 0 Å². The molecule has 2 heterocycles. The van der Waals surface area contributed by atoms with Crippen molar-refractivity contribution in [1.29, 1.82) is 0 Å². The molecule has 0 saturated carbocycles. The summed E-state index contributed by atoms with van der Waals surface area (Å²) in [4.78, 5) is 20.2. The van der Waals surface area contributed by atoms with Gasteiger partial charge < -0.3 is 10.2 Å². The maximum atomic E-state index is 13.1. The second-order valence-corrected chi connectivity index (χ2v) is 6.31. The van der Waals surface area contributed by atoms with Crippen molar-refractivity contribution >= 4 is 22.5 Å². The third kappa shape index (κ3) is 1.83. The molecule has 0 bridgehead atoms. The standard InChI is InChI=1S/C20H17N3O/c24-19-14-6-2-1-5-13(14)17-15-7-3-4-8-16(15)22-20(18(17)19)23-11-9-21-10-12-23/h1-8,21H,9-12H2. The molecule has 4 heteroatoms. The molecule has 0 atom stereocenters. The average Bonchev–Trinajstić information content (AvgIpc) is 2.96. The van der Waals surface area contributed by atoms with Crippen LogP contribution in [0.1, 0.15) is 15.9 Å². The monoisotopic (exact) mass is 315 g/mol. The molecular formula is C20H17N3O. The Hall–Kier alpha value is -2.72. The Bertz CT molecular complexity index is 974. The lowest BCUT2D eigenvalue weighted by Crippen LogP contribution is -2.44. The predicted molar refractivity (Wildman–Crippen MR) is 95.7 cm³/mol. The Morgan fingerprint density at radius 2 is 1.58 bits per heavy atom. The van der Waals surface area contributed by atoms with Crippen LogP contribution in [0, 0.1) is 0 Å². The van der Waals surface area contributed by atoms with Gasteiger partial charge in [0.2, 0.25) is 0 Å². The second-order valence-electron chi connectivity index (χ2n) is 6.31. The first-order chi connectivity index (χ1) is 11.8. The van der Waals surface area contributed by atoms with Gasteiger partial charge in [-0.25, -0.2) is 4.98 Å². The average molecular weight is 315 g/mol. The molecule has 1 saturated heterocycles. The van der Waals surface area contributed by atoms with E-state index < -0.39 is 0 Å². The Balaban J connectivity index is 1.86. The molecule has 2 aliphatic rings. The molecule has 3 aromatic rings. The number of piperazine rings is 1. The molecule has 1 aromatic heterocycles. The molecule has 1 N–H and O–H groups in total. The number of ketones is 1. The van der Waals surface area contributed by atoms with E-state index in [9.17, 15) is 4.79 Å². The highest BCUT2D eigenvalue weighted by Crippen LogP contribution is 2.44. The van der Waals surface area contributed by atoms with Gasteiger partial charge in [0, 0.05) is 42.7 Å². The molecule has 2 aromatic carbocycles. The predicted octanol–water partition coefficient (Wildman–Crippen LogP) is 2.86. The molecule has 0 spiro atoms. The number of pyridine rings is 1. The summed E-state index contributed by atoms with van der Waals surface area (Å²) in [6.45, 7) is 3.59. The first-order valence-corrected chi connectivity index (χ1v) is 8.37. The van der Waals surface area contributed by atoms with E-state index in [4.69, 9.17) is 4.98 Å². The van der Waals surface area contributed by atoms with Gasteiger partial charge in [-0.1, -0.05) is 42.5 Å². The quantitative estimate of drug-likeness (QED) is 0.587. The van der Waals surface area contributed by atoms with Crippen LogP contribution in [0.2, 0.25) is 0 Å². The number of para-hydroxylation sites is 1. The van der Waals surface area contributed by atoms with Crippen molar-refractivity contribution in [2.45, 2.75) is 0 Å². The summed E-state index contributed by atoms with van der Waals surface area (Å²) in [5.41, 5.74) is 4.61. The molecule has 0 radical (unpaired) electrons. The number of nitrogens with zero attached hydrogens (tertiary/aromatic N) is 2. The smallest absolute Gasteiger partial charge is 0.198 e. The Morgan fingerprint density at radius 3 is 2.42 bits per heavy atom. The van der Waals surface area contributed by atoms with E-state index in [0.717, 1.165) is 65.2 Å². The minimum atomic E-state index is 0.104. The highest BCUT2D eigenvalue weighted by atomic mass is 16.1. The second kappa shape index (κ2) is 5.14. The number of anilines is 1. The number of nitrogens with one attached hydrogen (secondary N) is 1. The van der Waals surface area contributed by atoms with Crippen LogP contribution >= 0.6 is 0 Å². The van der Waals surface area contributed by atoms with Crippen LogP contribution < -0.4 is 10.2 Å². The van der Waals surface area contributed by atoms with Crippen LogP contribution in [-0.4, -0.2) is 36.9 Å². The number of fused-ring (bicyclic) bond motifs is 5. The molecule has 1 fully saturated rings. The number of rotatable bonds is 1. The van der Waals surface area contributed by atoms with E-state index in [0.29, 0.717) is 0 Å². The van der Waals surface area contributed by atoms with Crippen molar-refractivity contribution in [2.24, 2.45) is 0 Å². The number of benzene rings is 2. The first-order valence-electron chi connectivity index (χ1n) is 8.37. The summed E-state index contributed by atoms with van der Waals surface area (Å²) in [5, 5.41) is 4.42. The SMILES string of the molecule is O=C1c2ccccc2-c2c1c(N1CCNCC1)nc1ccccc21. The molecule has 4 nitrogen and oxygen atoms in total. The lowest BCUT2D eigenvalue weighted by atomic mass is 10.0. The fourth-order valence-corrected chi connectivity index (χ4v) is 3.83. The number of hydrogen-bond donors (Lipinski definition) is 1. The van der Waals surface area contributed by atoms with E-state index in [-0.39, 0.29) is 5.78 Å². The zero-order chi connectivity index (χ0) is 16.1. The van der Waals surface area contributed by atoms with Gasteiger partial charge in [0.05, 0.1) is 11.1 Å². The van der Waals surface area contributed by atoms with Crippen molar-refractivity contribution in [2.75, 3.05) is 31.1 Å². The molecule has 1 aliphatic carbocycles. The lowest BCUT2D eigenvalue weighted by molar-refractivity contribution is 0.104. The van der Waals surface area contributed by atoms with Gasteiger partial charge >= 0.3 is 0 Å². The largest absolute Gasteiger partial charge is 0.353 e. The van der Waals surface area contributed by atoms with Gasteiger partial charge in [0.1, 0.15) is 5.82 Å². The maximum Gasteiger partial charge on any atom is 0.198 e. The molecule has 0 amide bonds. The van der Waals surface area contributed by atoms with Crippen LogP contribution in [0.3, 0.4) is 0 Å². The van der Waals surface area contributed by atoms with Gasteiger partial charge in [-0.2, -0.15) is 0 Å². The van der Waals surface area contributed by atoms with Crippen molar-refractivity contribution in [1.82, 2.24) is 10.3 Å². The van der Waals surface area contributed by atoms with Gasteiger partial charge in [0.15, 0.2) is 5.78 Å². The Labute approximate surface area is 140 Å².